The summed E-state index contributed by atoms with van der Waals surface area (Å²) in [7, 11) is 0. The monoisotopic (exact) mass is 357 g/mol. The molecule has 2 aromatic rings. The van der Waals surface area contributed by atoms with Gasteiger partial charge in [-0.1, -0.05) is 11.6 Å². The summed E-state index contributed by atoms with van der Waals surface area (Å²) in [5.41, 5.74) is 0.943. The molecule has 1 N–H and O–H groups in total. The number of benzene rings is 1. The molecule has 1 aliphatic rings. The number of hydrogen-bond donors (Lipinski definition) is 1. The molecule has 0 saturated carbocycles. The summed E-state index contributed by atoms with van der Waals surface area (Å²) >= 11 is 5.84. The second kappa shape index (κ2) is 6.57. The molecule has 1 aromatic carbocycles. The SMILES string of the molecule is CC(C)n1ccc(/C=C2/C(=O)NC(=O)N(c3ccc(Cl)cc3)C2=O)c1. The van der Waals surface area contributed by atoms with Gasteiger partial charge in [-0.25, -0.2) is 9.69 Å². The molecule has 1 saturated heterocycles. The Morgan fingerprint density at radius 3 is 2.36 bits per heavy atom. The largest absolute Gasteiger partial charge is 0.351 e. The van der Waals surface area contributed by atoms with Gasteiger partial charge in [0.2, 0.25) is 0 Å². The van der Waals surface area contributed by atoms with Crippen molar-refractivity contribution in [3.05, 3.63) is 58.9 Å². The van der Waals surface area contributed by atoms with E-state index in [9.17, 15) is 14.4 Å². The molecule has 0 radical (unpaired) electrons. The van der Waals surface area contributed by atoms with Gasteiger partial charge in [0, 0.05) is 23.5 Å². The number of halogens is 1. The first-order chi connectivity index (χ1) is 11.9. The third-order valence-corrected chi connectivity index (χ3v) is 4.08. The molecule has 3 rings (SSSR count). The quantitative estimate of drug-likeness (QED) is 0.676. The number of nitrogens with one attached hydrogen (secondary N) is 1. The van der Waals surface area contributed by atoms with Crippen LogP contribution in [0.5, 0.6) is 0 Å². The van der Waals surface area contributed by atoms with E-state index in [0.29, 0.717) is 16.3 Å². The number of carbonyl (C=O) groups is 3. The van der Waals surface area contributed by atoms with Gasteiger partial charge in [0.05, 0.1) is 5.69 Å². The summed E-state index contributed by atoms with van der Waals surface area (Å²) in [6.07, 6.45) is 5.18. The predicted molar refractivity (Wildman–Crippen MR) is 95.3 cm³/mol. The van der Waals surface area contributed by atoms with Crippen molar-refractivity contribution in [1.29, 1.82) is 0 Å². The Hall–Kier alpha value is -2.86. The highest BCUT2D eigenvalue weighted by molar-refractivity contribution is 6.39. The van der Waals surface area contributed by atoms with Gasteiger partial charge in [0.25, 0.3) is 11.8 Å². The van der Waals surface area contributed by atoms with E-state index < -0.39 is 17.8 Å². The van der Waals surface area contributed by atoms with E-state index in [0.717, 1.165) is 4.90 Å². The fourth-order valence-corrected chi connectivity index (χ4v) is 2.61. The van der Waals surface area contributed by atoms with E-state index in [-0.39, 0.29) is 11.6 Å². The van der Waals surface area contributed by atoms with Gasteiger partial charge in [-0.05, 0) is 55.8 Å². The fourth-order valence-electron chi connectivity index (χ4n) is 2.49. The maximum absolute atomic E-state index is 12.7. The minimum absolute atomic E-state index is 0.101. The van der Waals surface area contributed by atoms with Gasteiger partial charge in [0.15, 0.2) is 0 Å². The highest BCUT2D eigenvalue weighted by atomic mass is 35.5. The molecule has 1 aromatic heterocycles. The van der Waals surface area contributed by atoms with E-state index in [2.05, 4.69) is 5.32 Å². The number of imide groups is 2. The summed E-state index contributed by atoms with van der Waals surface area (Å²) in [4.78, 5) is 37.8. The number of carbonyl (C=O) groups excluding carboxylic acids is 3. The van der Waals surface area contributed by atoms with Gasteiger partial charge in [0.1, 0.15) is 5.57 Å². The second-order valence-corrected chi connectivity index (χ2v) is 6.36. The van der Waals surface area contributed by atoms with Crippen LogP contribution in [0.1, 0.15) is 25.5 Å². The molecule has 128 valence electrons. The molecule has 1 fully saturated rings. The molecule has 0 atom stereocenters. The summed E-state index contributed by atoms with van der Waals surface area (Å²) in [6, 6.07) is 7.51. The molecular formula is C18H16ClN3O3. The van der Waals surface area contributed by atoms with Crippen molar-refractivity contribution in [3.63, 3.8) is 0 Å². The van der Waals surface area contributed by atoms with Crippen molar-refractivity contribution < 1.29 is 14.4 Å². The number of hydrogen-bond acceptors (Lipinski definition) is 3. The number of urea groups is 1. The Labute approximate surface area is 149 Å². The van der Waals surface area contributed by atoms with Gasteiger partial charge < -0.3 is 4.57 Å². The summed E-state index contributed by atoms with van der Waals surface area (Å²) in [6.45, 7) is 4.05. The molecule has 7 heteroatoms. The molecule has 4 amide bonds. The predicted octanol–water partition coefficient (Wildman–Crippen LogP) is 3.39. The normalized spacial score (nSPS) is 16.7. The fraction of sp³-hybridized carbons (Fsp3) is 0.167. The molecule has 0 bridgehead atoms. The zero-order valence-electron chi connectivity index (χ0n) is 13.7. The van der Waals surface area contributed by atoms with Crippen LogP contribution in [0.2, 0.25) is 5.02 Å². The van der Waals surface area contributed by atoms with Crippen molar-refractivity contribution in [3.8, 4) is 0 Å². The lowest BCUT2D eigenvalue weighted by molar-refractivity contribution is -0.122. The topological polar surface area (TPSA) is 71.4 Å². The molecule has 0 spiro atoms. The van der Waals surface area contributed by atoms with Crippen molar-refractivity contribution in [1.82, 2.24) is 9.88 Å². The lowest BCUT2D eigenvalue weighted by atomic mass is 10.1. The van der Waals surface area contributed by atoms with Crippen molar-refractivity contribution in [2.75, 3.05) is 4.90 Å². The summed E-state index contributed by atoms with van der Waals surface area (Å²) in [5.74, 6) is -1.38. The lowest BCUT2D eigenvalue weighted by Crippen LogP contribution is -2.54. The zero-order chi connectivity index (χ0) is 18.1. The molecule has 0 aliphatic carbocycles. The maximum atomic E-state index is 12.7. The average Bonchev–Trinajstić information content (AvgIpc) is 3.02. The summed E-state index contributed by atoms with van der Waals surface area (Å²) in [5, 5.41) is 2.67. The van der Waals surface area contributed by atoms with Crippen LogP contribution in [-0.2, 0) is 9.59 Å². The Balaban J connectivity index is 1.97. The Morgan fingerprint density at radius 1 is 1.08 bits per heavy atom. The van der Waals surface area contributed by atoms with Crippen LogP contribution < -0.4 is 10.2 Å². The maximum Gasteiger partial charge on any atom is 0.335 e. The third-order valence-electron chi connectivity index (χ3n) is 3.83. The highest BCUT2D eigenvalue weighted by Crippen LogP contribution is 2.23. The van der Waals surface area contributed by atoms with E-state index in [1.54, 1.807) is 30.3 Å². The first kappa shape index (κ1) is 17.0. The highest BCUT2D eigenvalue weighted by Gasteiger charge is 2.36. The van der Waals surface area contributed by atoms with Crippen LogP contribution in [0.15, 0.2) is 48.3 Å². The zero-order valence-corrected chi connectivity index (χ0v) is 14.4. The molecular weight excluding hydrogens is 342 g/mol. The number of aromatic nitrogens is 1. The molecule has 25 heavy (non-hydrogen) atoms. The van der Waals surface area contributed by atoms with Gasteiger partial charge >= 0.3 is 6.03 Å². The number of barbiturate groups is 1. The standard InChI is InChI=1S/C18H16ClN3O3/c1-11(2)21-8-7-12(10-21)9-15-16(23)20-18(25)22(17(15)24)14-5-3-13(19)4-6-14/h3-11H,1-2H3,(H,20,23,25)/b15-9-. The van der Waals surface area contributed by atoms with Gasteiger partial charge in [-0.15, -0.1) is 0 Å². The van der Waals surface area contributed by atoms with Gasteiger partial charge in [-0.3, -0.25) is 14.9 Å². The summed E-state index contributed by atoms with van der Waals surface area (Å²) < 4.78 is 1.96. The Morgan fingerprint density at radius 2 is 1.76 bits per heavy atom. The van der Waals surface area contributed by atoms with Crippen LogP contribution in [0, 0.1) is 0 Å². The van der Waals surface area contributed by atoms with Crippen LogP contribution in [0.25, 0.3) is 6.08 Å². The second-order valence-electron chi connectivity index (χ2n) is 5.92. The van der Waals surface area contributed by atoms with E-state index in [4.69, 9.17) is 11.6 Å². The first-order valence-electron chi connectivity index (χ1n) is 7.71. The van der Waals surface area contributed by atoms with E-state index >= 15 is 0 Å². The molecule has 0 unspecified atom stereocenters. The van der Waals surface area contributed by atoms with Gasteiger partial charge in [-0.2, -0.15) is 0 Å². The van der Waals surface area contributed by atoms with Crippen LogP contribution >= 0.6 is 11.6 Å². The smallest absolute Gasteiger partial charge is 0.335 e. The Bertz CT molecular complexity index is 881. The third kappa shape index (κ3) is 3.34. The van der Waals surface area contributed by atoms with Crippen LogP contribution in [0.4, 0.5) is 10.5 Å². The Kier molecular flexibility index (Phi) is 4.46. The number of anilines is 1. The minimum atomic E-state index is -0.783. The van der Waals surface area contributed by atoms with Crippen LogP contribution in [-0.4, -0.2) is 22.4 Å². The first-order valence-corrected chi connectivity index (χ1v) is 8.09. The number of nitrogens with zero attached hydrogens (tertiary/aromatic N) is 2. The lowest BCUT2D eigenvalue weighted by Gasteiger charge is -2.26. The van der Waals surface area contributed by atoms with Crippen molar-refractivity contribution in [2.45, 2.75) is 19.9 Å². The average molecular weight is 358 g/mol. The minimum Gasteiger partial charge on any atom is -0.351 e. The van der Waals surface area contributed by atoms with Crippen molar-refractivity contribution in [2.24, 2.45) is 0 Å². The number of amides is 4. The van der Waals surface area contributed by atoms with Crippen molar-refractivity contribution >= 4 is 41.2 Å². The number of rotatable bonds is 3. The molecule has 1 aliphatic heterocycles. The van der Waals surface area contributed by atoms with E-state index in [1.807, 2.05) is 30.8 Å². The van der Waals surface area contributed by atoms with Crippen LogP contribution in [0.3, 0.4) is 0 Å². The van der Waals surface area contributed by atoms with E-state index in [1.165, 1.54) is 6.08 Å². The molecule has 2 heterocycles. The molecule has 6 nitrogen and oxygen atoms in total.